The number of rotatable bonds is 8. The Morgan fingerprint density at radius 2 is 1.95 bits per heavy atom. The molecule has 0 bridgehead atoms. The Morgan fingerprint density at radius 1 is 1.38 bits per heavy atom. The van der Waals surface area contributed by atoms with E-state index in [2.05, 4.69) is 0 Å². The third kappa shape index (κ3) is 4.39. The molecule has 118 valence electrons. The number of unbranched alkanes of at least 4 members (excludes halogenated alkanes) is 1. The minimum Gasteiger partial charge on any atom is -0.463 e. The Balaban J connectivity index is 2.56. The lowest BCUT2D eigenvalue weighted by Crippen LogP contribution is -2.44. The Morgan fingerprint density at radius 3 is 2.43 bits per heavy atom. The zero-order valence-corrected chi connectivity index (χ0v) is 12.8. The third-order valence-corrected chi connectivity index (χ3v) is 3.65. The lowest BCUT2D eigenvalue weighted by molar-refractivity contribution is -0.159. The minimum absolute atomic E-state index is 0.0658. The highest BCUT2D eigenvalue weighted by Crippen LogP contribution is 2.24. The molecule has 1 rings (SSSR count). The van der Waals surface area contributed by atoms with Gasteiger partial charge in [-0.3, -0.25) is 14.5 Å². The lowest BCUT2D eigenvalue weighted by Gasteiger charge is -2.28. The van der Waals surface area contributed by atoms with Gasteiger partial charge in [-0.1, -0.05) is 26.7 Å². The van der Waals surface area contributed by atoms with E-state index in [0.717, 1.165) is 36.3 Å². The summed E-state index contributed by atoms with van der Waals surface area (Å²) in [6.07, 6.45) is 4.92. The maximum Gasteiger partial charge on any atom is 0.329 e. The molecule has 0 aromatic carbocycles. The average molecular weight is 297 g/mol. The first kappa shape index (κ1) is 17.4. The molecule has 0 saturated heterocycles. The number of hydrogen-bond donors (Lipinski definition) is 1. The fourth-order valence-corrected chi connectivity index (χ4v) is 2.07. The van der Waals surface area contributed by atoms with Gasteiger partial charge in [0.15, 0.2) is 0 Å². The van der Waals surface area contributed by atoms with Crippen LogP contribution in [0.5, 0.6) is 0 Å². The number of carbonyl (C=O) groups excluding carboxylic acids is 3. The monoisotopic (exact) mass is 297 g/mol. The maximum atomic E-state index is 12.0. The summed E-state index contributed by atoms with van der Waals surface area (Å²) in [6.45, 7) is 5.32. The predicted octanol–water partition coefficient (Wildman–Crippen LogP) is 1.03. The van der Waals surface area contributed by atoms with Crippen LogP contribution < -0.4 is 0 Å². The van der Waals surface area contributed by atoms with Crippen molar-refractivity contribution in [1.29, 1.82) is 0 Å². The second-order valence-corrected chi connectivity index (χ2v) is 5.74. The molecule has 1 aliphatic heterocycles. The van der Waals surface area contributed by atoms with Crippen LogP contribution in [-0.2, 0) is 19.1 Å². The van der Waals surface area contributed by atoms with Crippen LogP contribution in [0.15, 0.2) is 12.2 Å². The molecular formula is C15H23NO5. The average Bonchev–Trinajstić information content (AvgIpc) is 2.81. The second kappa shape index (κ2) is 7.36. The van der Waals surface area contributed by atoms with E-state index in [9.17, 15) is 19.5 Å². The van der Waals surface area contributed by atoms with Gasteiger partial charge in [-0.25, -0.2) is 4.79 Å². The Kier molecular flexibility index (Phi) is 6.08. The van der Waals surface area contributed by atoms with Crippen molar-refractivity contribution in [2.75, 3.05) is 13.2 Å². The van der Waals surface area contributed by atoms with Crippen molar-refractivity contribution in [3.63, 3.8) is 0 Å². The van der Waals surface area contributed by atoms with Crippen molar-refractivity contribution < 1.29 is 24.2 Å². The highest BCUT2D eigenvalue weighted by molar-refractivity contribution is 6.14. The molecule has 1 heterocycles. The molecule has 0 aromatic rings. The number of hydrogen-bond acceptors (Lipinski definition) is 5. The molecule has 1 N–H and O–H groups in total. The van der Waals surface area contributed by atoms with Crippen LogP contribution in [0.25, 0.3) is 0 Å². The van der Waals surface area contributed by atoms with Gasteiger partial charge in [-0.15, -0.1) is 0 Å². The fourth-order valence-electron chi connectivity index (χ4n) is 2.07. The fraction of sp³-hybridized carbons (Fsp3) is 0.667. The molecule has 0 spiro atoms. The molecule has 0 saturated carbocycles. The van der Waals surface area contributed by atoms with Crippen LogP contribution in [0.3, 0.4) is 0 Å². The van der Waals surface area contributed by atoms with Crippen LogP contribution in [0.1, 0.15) is 40.0 Å². The summed E-state index contributed by atoms with van der Waals surface area (Å²) in [5.74, 6) is -1.67. The summed E-state index contributed by atoms with van der Waals surface area (Å²) in [6, 6.07) is -0.964. The Labute approximate surface area is 124 Å². The molecule has 2 atom stereocenters. The first-order valence-electron chi connectivity index (χ1n) is 7.17. The zero-order valence-electron chi connectivity index (χ0n) is 12.8. The first-order valence-corrected chi connectivity index (χ1v) is 7.17. The molecule has 6 nitrogen and oxygen atoms in total. The first-order chi connectivity index (χ1) is 9.84. The van der Waals surface area contributed by atoms with Gasteiger partial charge in [0.1, 0.15) is 6.04 Å². The van der Waals surface area contributed by atoms with Gasteiger partial charge in [-0.05, 0) is 13.3 Å². The molecule has 2 unspecified atom stereocenters. The summed E-state index contributed by atoms with van der Waals surface area (Å²) in [5, 5.41) is 9.44. The van der Waals surface area contributed by atoms with E-state index in [1.807, 2.05) is 13.8 Å². The number of ether oxygens (including phenoxy) is 1. The molecule has 6 heteroatoms. The number of imide groups is 1. The minimum atomic E-state index is -0.964. The standard InChI is InChI=1S/C15H23NO5/c1-4-5-8-15(3,9-17)10-21-14(20)11(2)16-12(18)6-7-13(16)19/h6-7,11,17H,4-5,8-10H2,1-3H3. The van der Waals surface area contributed by atoms with E-state index < -0.39 is 29.2 Å². The van der Waals surface area contributed by atoms with Gasteiger partial charge in [0, 0.05) is 17.6 Å². The van der Waals surface area contributed by atoms with Crippen molar-refractivity contribution in [3.05, 3.63) is 12.2 Å². The summed E-state index contributed by atoms with van der Waals surface area (Å²) < 4.78 is 5.19. The number of aliphatic hydroxyl groups is 1. The van der Waals surface area contributed by atoms with E-state index in [-0.39, 0.29) is 13.2 Å². The van der Waals surface area contributed by atoms with Crippen molar-refractivity contribution >= 4 is 17.8 Å². The molecule has 0 aliphatic carbocycles. The number of aliphatic hydroxyl groups excluding tert-OH is 1. The molecular weight excluding hydrogens is 274 g/mol. The Bertz CT molecular complexity index is 427. The van der Waals surface area contributed by atoms with Crippen molar-refractivity contribution in [3.8, 4) is 0 Å². The van der Waals surface area contributed by atoms with Gasteiger partial charge in [-0.2, -0.15) is 0 Å². The quantitative estimate of drug-likeness (QED) is 0.534. The van der Waals surface area contributed by atoms with Gasteiger partial charge >= 0.3 is 5.97 Å². The van der Waals surface area contributed by atoms with E-state index in [4.69, 9.17) is 4.74 Å². The predicted molar refractivity (Wildman–Crippen MR) is 76.1 cm³/mol. The second-order valence-electron chi connectivity index (χ2n) is 5.74. The topological polar surface area (TPSA) is 83.9 Å². The summed E-state index contributed by atoms with van der Waals surface area (Å²) in [7, 11) is 0. The van der Waals surface area contributed by atoms with Gasteiger partial charge < -0.3 is 9.84 Å². The van der Waals surface area contributed by atoms with Crippen molar-refractivity contribution in [1.82, 2.24) is 4.90 Å². The molecule has 0 radical (unpaired) electrons. The molecule has 21 heavy (non-hydrogen) atoms. The Hall–Kier alpha value is -1.69. The lowest BCUT2D eigenvalue weighted by atomic mass is 9.87. The van der Waals surface area contributed by atoms with Crippen molar-refractivity contribution in [2.24, 2.45) is 5.41 Å². The largest absolute Gasteiger partial charge is 0.463 e. The number of esters is 1. The summed E-state index contributed by atoms with van der Waals surface area (Å²) >= 11 is 0. The normalized spacial score (nSPS) is 18.8. The smallest absolute Gasteiger partial charge is 0.329 e. The van der Waals surface area contributed by atoms with Crippen LogP contribution in [0.2, 0.25) is 0 Å². The number of nitrogens with zero attached hydrogens (tertiary/aromatic N) is 1. The van der Waals surface area contributed by atoms with Gasteiger partial charge in [0.2, 0.25) is 0 Å². The zero-order chi connectivity index (χ0) is 16.0. The van der Waals surface area contributed by atoms with Crippen LogP contribution >= 0.6 is 0 Å². The summed E-state index contributed by atoms with van der Waals surface area (Å²) in [5.41, 5.74) is -0.497. The van der Waals surface area contributed by atoms with E-state index >= 15 is 0 Å². The van der Waals surface area contributed by atoms with Crippen LogP contribution in [0.4, 0.5) is 0 Å². The third-order valence-electron chi connectivity index (χ3n) is 3.65. The highest BCUT2D eigenvalue weighted by atomic mass is 16.5. The van der Waals surface area contributed by atoms with E-state index in [1.165, 1.54) is 6.92 Å². The van der Waals surface area contributed by atoms with E-state index in [1.54, 1.807) is 0 Å². The SMILES string of the molecule is CCCCC(C)(CO)COC(=O)C(C)N1C(=O)C=CC1=O. The van der Waals surface area contributed by atoms with Gasteiger partial charge in [0.05, 0.1) is 13.2 Å². The number of amides is 2. The molecule has 2 amide bonds. The molecule has 0 aromatic heterocycles. The molecule has 1 aliphatic rings. The maximum absolute atomic E-state index is 12.0. The summed E-state index contributed by atoms with van der Waals surface area (Å²) in [4.78, 5) is 35.8. The van der Waals surface area contributed by atoms with Gasteiger partial charge in [0.25, 0.3) is 11.8 Å². The van der Waals surface area contributed by atoms with E-state index in [0.29, 0.717) is 0 Å². The van der Waals surface area contributed by atoms with Crippen molar-refractivity contribution in [2.45, 2.75) is 46.1 Å². The van der Waals surface area contributed by atoms with Crippen LogP contribution in [0, 0.1) is 5.41 Å². The molecule has 0 fully saturated rings. The van der Waals surface area contributed by atoms with Crippen LogP contribution in [-0.4, -0.2) is 47.0 Å². The highest BCUT2D eigenvalue weighted by Gasteiger charge is 2.34. The number of carbonyl (C=O) groups is 3.